The third-order valence-corrected chi connectivity index (χ3v) is 4.82. The van der Waals surface area contributed by atoms with Gasteiger partial charge in [-0.05, 0) is 37.5 Å². The van der Waals surface area contributed by atoms with Gasteiger partial charge < -0.3 is 0 Å². The second-order valence-corrected chi connectivity index (χ2v) is 7.28. The van der Waals surface area contributed by atoms with Gasteiger partial charge in [-0.2, -0.15) is 0 Å². The Morgan fingerprint density at radius 1 is 0.938 bits per heavy atom. The minimum Gasteiger partial charge on any atom is -0.299 e. The SMILES string of the molecule is CC1(C)CCC[C@H]2C[C@@H]2CCC(C)(C)C1=O. The fraction of sp³-hybridized carbons (Fsp3) is 0.933. The minimum absolute atomic E-state index is 0.103. The first kappa shape index (κ1) is 12.1. The van der Waals surface area contributed by atoms with Gasteiger partial charge in [-0.1, -0.05) is 40.5 Å². The molecule has 0 heterocycles. The third-order valence-electron chi connectivity index (χ3n) is 4.82. The molecule has 0 unspecified atom stereocenters. The van der Waals surface area contributed by atoms with Crippen LogP contribution in [0.4, 0.5) is 0 Å². The number of hydrogen-bond acceptors (Lipinski definition) is 1. The van der Waals surface area contributed by atoms with Crippen molar-refractivity contribution in [3.8, 4) is 0 Å². The lowest BCUT2D eigenvalue weighted by molar-refractivity contribution is -0.136. The highest BCUT2D eigenvalue weighted by Gasteiger charge is 2.43. The molecule has 2 rings (SSSR count). The largest absolute Gasteiger partial charge is 0.299 e. The summed E-state index contributed by atoms with van der Waals surface area (Å²) >= 11 is 0. The molecule has 0 aromatic carbocycles. The van der Waals surface area contributed by atoms with Crippen molar-refractivity contribution >= 4 is 5.78 Å². The van der Waals surface area contributed by atoms with Crippen molar-refractivity contribution in [3.63, 3.8) is 0 Å². The van der Waals surface area contributed by atoms with E-state index in [1.807, 2.05) is 0 Å². The summed E-state index contributed by atoms with van der Waals surface area (Å²) in [6.07, 6.45) is 7.50. The fourth-order valence-corrected chi connectivity index (χ4v) is 3.51. The molecule has 0 spiro atoms. The average Bonchev–Trinajstić information content (AvgIpc) is 2.91. The standard InChI is InChI=1S/C15H26O/c1-14(2)8-5-6-11-10-12(11)7-9-15(3,4)13(14)16/h11-12H,5-10H2,1-4H3/t11-,12-/m0/s1. The first-order chi connectivity index (χ1) is 7.33. The van der Waals surface area contributed by atoms with Gasteiger partial charge in [0.05, 0.1) is 0 Å². The Labute approximate surface area is 100.0 Å². The van der Waals surface area contributed by atoms with E-state index in [-0.39, 0.29) is 10.8 Å². The summed E-state index contributed by atoms with van der Waals surface area (Å²) < 4.78 is 0. The maximum absolute atomic E-state index is 12.5. The summed E-state index contributed by atoms with van der Waals surface area (Å²) in [6.45, 7) is 8.58. The number of carbonyl (C=O) groups excluding carboxylic acids is 1. The number of fused-ring (bicyclic) bond motifs is 1. The smallest absolute Gasteiger partial charge is 0.144 e. The Morgan fingerprint density at radius 3 is 2.19 bits per heavy atom. The molecule has 2 aliphatic carbocycles. The predicted molar refractivity (Wildman–Crippen MR) is 67.3 cm³/mol. The van der Waals surface area contributed by atoms with E-state index in [0.29, 0.717) is 5.78 Å². The van der Waals surface area contributed by atoms with E-state index < -0.39 is 0 Å². The molecule has 2 atom stereocenters. The third kappa shape index (κ3) is 2.33. The number of hydrogen-bond donors (Lipinski definition) is 0. The zero-order valence-electron chi connectivity index (χ0n) is 11.3. The van der Waals surface area contributed by atoms with Crippen molar-refractivity contribution in [1.82, 2.24) is 0 Å². The van der Waals surface area contributed by atoms with Crippen LogP contribution in [0.3, 0.4) is 0 Å². The van der Waals surface area contributed by atoms with E-state index in [4.69, 9.17) is 0 Å². The Morgan fingerprint density at radius 2 is 1.50 bits per heavy atom. The predicted octanol–water partition coefficient (Wildman–Crippen LogP) is 4.21. The van der Waals surface area contributed by atoms with Gasteiger partial charge in [0.2, 0.25) is 0 Å². The molecule has 2 saturated carbocycles. The van der Waals surface area contributed by atoms with Crippen LogP contribution in [0.1, 0.15) is 66.2 Å². The second kappa shape index (κ2) is 3.85. The molecular weight excluding hydrogens is 196 g/mol. The first-order valence-corrected chi connectivity index (χ1v) is 6.88. The highest BCUT2D eigenvalue weighted by molar-refractivity contribution is 5.89. The van der Waals surface area contributed by atoms with E-state index in [1.165, 1.54) is 25.7 Å². The highest BCUT2D eigenvalue weighted by atomic mass is 16.1. The van der Waals surface area contributed by atoms with Crippen LogP contribution < -0.4 is 0 Å². The van der Waals surface area contributed by atoms with Crippen LogP contribution in [-0.4, -0.2) is 5.78 Å². The molecule has 0 N–H and O–H groups in total. The molecule has 0 aliphatic heterocycles. The lowest BCUT2D eigenvalue weighted by atomic mass is 9.68. The van der Waals surface area contributed by atoms with Crippen molar-refractivity contribution in [2.75, 3.05) is 0 Å². The van der Waals surface area contributed by atoms with E-state index in [9.17, 15) is 4.79 Å². The molecular formula is C15H26O. The van der Waals surface area contributed by atoms with E-state index in [0.717, 1.165) is 24.7 Å². The quantitative estimate of drug-likeness (QED) is 0.600. The van der Waals surface area contributed by atoms with Gasteiger partial charge in [0, 0.05) is 10.8 Å². The number of Topliss-reactive ketones (excluding diaryl/α,β-unsaturated/α-hetero) is 1. The Bertz CT molecular complexity index is 288. The Kier molecular flexibility index (Phi) is 2.92. The molecule has 0 aromatic rings. The van der Waals surface area contributed by atoms with Gasteiger partial charge in [0.15, 0.2) is 0 Å². The zero-order chi connectivity index (χ0) is 12.0. The summed E-state index contributed by atoms with van der Waals surface area (Å²) in [5.74, 6) is 2.44. The normalized spacial score (nSPS) is 37.6. The summed E-state index contributed by atoms with van der Waals surface area (Å²) in [7, 11) is 0. The summed E-state index contributed by atoms with van der Waals surface area (Å²) in [6, 6.07) is 0. The molecule has 0 amide bonds. The Hall–Kier alpha value is -0.330. The van der Waals surface area contributed by atoms with Crippen molar-refractivity contribution in [2.24, 2.45) is 22.7 Å². The average molecular weight is 222 g/mol. The molecule has 0 radical (unpaired) electrons. The lowest BCUT2D eigenvalue weighted by Crippen LogP contribution is -2.37. The molecule has 92 valence electrons. The van der Waals surface area contributed by atoms with Gasteiger partial charge in [0.1, 0.15) is 5.78 Å². The molecule has 2 fully saturated rings. The number of ketones is 1. The molecule has 1 heteroatoms. The molecule has 0 saturated heterocycles. The van der Waals surface area contributed by atoms with Crippen LogP contribution in [0, 0.1) is 22.7 Å². The maximum Gasteiger partial charge on any atom is 0.144 e. The lowest BCUT2D eigenvalue weighted by Gasteiger charge is -2.34. The molecule has 16 heavy (non-hydrogen) atoms. The van der Waals surface area contributed by atoms with E-state index in [1.54, 1.807) is 0 Å². The molecule has 0 aromatic heterocycles. The van der Waals surface area contributed by atoms with E-state index >= 15 is 0 Å². The van der Waals surface area contributed by atoms with Gasteiger partial charge in [-0.15, -0.1) is 0 Å². The highest BCUT2D eigenvalue weighted by Crippen LogP contribution is 2.49. The molecule has 1 nitrogen and oxygen atoms in total. The number of rotatable bonds is 0. The minimum atomic E-state index is -0.106. The number of carbonyl (C=O) groups is 1. The van der Waals surface area contributed by atoms with Gasteiger partial charge in [0.25, 0.3) is 0 Å². The van der Waals surface area contributed by atoms with Crippen molar-refractivity contribution in [2.45, 2.75) is 66.2 Å². The van der Waals surface area contributed by atoms with Gasteiger partial charge >= 0.3 is 0 Å². The topological polar surface area (TPSA) is 17.1 Å². The summed E-state index contributed by atoms with van der Waals surface area (Å²) in [5, 5.41) is 0. The van der Waals surface area contributed by atoms with Crippen molar-refractivity contribution in [1.29, 1.82) is 0 Å². The van der Waals surface area contributed by atoms with E-state index in [2.05, 4.69) is 27.7 Å². The zero-order valence-corrected chi connectivity index (χ0v) is 11.3. The first-order valence-electron chi connectivity index (χ1n) is 6.88. The van der Waals surface area contributed by atoms with Crippen LogP contribution in [0.2, 0.25) is 0 Å². The van der Waals surface area contributed by atoms with Crippen LogP contribution >= 0.6 is 0 Å². The van der Waals surface area contributed by atoms with Crippen LogP contribution in [0.5, 0.6) is 0 Å². The monoisotopic (exact) mass is 222 g/mol. The van der Waals surface area contributed by atoms with Crippen molar-refractivity contribution in [3.05, 3.63) is 0 Å². The van der Waals surface area contributed by atoms with Crippen LogP contribution in [0.15, 0.2) is 0 Å². The maximum atomic E-state index is 12.5. The Balaban J connectivity index is 2.12. The molecule has 0 bridgehead atoms. The fourth-order valence-electron chi connectivity index (χ4n) is 3.51. The van der Waals surface area contributed by atoms with Crippen LogP contribution in [-0.2, 0) is 4.79 Å². The van der Waals surface area contributed by atoms with Gasteiger partial charge in [-0.3, -0.25) is 4.79 Å². The van der Waals surface area contributed by atoms with Crippen LogP contribution in [0.25, 0.3) is 0 Å². The second-order valence-electron chi connectivity index (χ2n) is 7.28. The van der Waals surface area contributed by atoms with Crippen molar-refractivity contribution < 1.29 is 4.79 Å². The molecule has 2 aliphatic rings. The summed E-state index contributed by atoms with van der Waals surface area (Å²) in [4.78, 5) is 12.5. The van der Waals surface area contributed by atoms with Gasteiger partial charge in [-0.25, -0.2) is 0 Å². The summed E-state index contributed by atoms with van der Waals surface area (Å²) in [5.41, 5.74) is -0.209.